The van der Waals surface area contributed by atoms with Crippen LogP contribution in [0.5, 0.6) is 0 Å². The first-order valence-electron chi connectivity index (χ1n) is 18.0. The molecule has 0 aliphatic carbocycles. The van der Waals surface area contributed by atoms with Gasteiger partial charge in [-0.25, -0.2) is 0 Å². The molecule has 0 aromatic heterocycles. The molecule has 0 unspecified atom stereocenters. The molecule has 0 aromatic rings. The summed E-state index contributed by atoms with van der Waals surface area (Å²) in [5.41, 5.74) is 0. The summed E-state index contributed by atoms with van der Waals surface area (Å²) in [5, 5.41) is 0. The zero-order valence-electron chi connectivity index (χ0n) is 28.3. The third kappa shape index (κ3) is 18.9. The molecule has 244 valence electrons. The van der Waals surface area contributed by atoms with Gasteiger partial charge in [-0.2, -0.15) is 0 Å². The molecule has 4 nitrogen and oxygen atoms in total. The number of phosphoric ester groups is 1. The third-order valence-corrected chi connectivity index (χ3v) is 18.1. The van der Waals surface area contributed by atoms with E-state index < -0.39 is 14.7 Å². The summed E-state index contributed by atoms with van der Waals surface area (Å²) in [6.07, 6.45) is 31.3. The van der Waals surface area contributed by atoms with Crippen molar-refractivity contribution in [1.29, 1.82) is 0 Å². The summed E-state index contributed by atoms with van der Waals surface area (Å²) in [6.45, 7) is 11.6. The molecule has 0 amide bonds. The first-order valence-corrected chi connectivity index (χ1v) is 22.4. The van der Waals surface area contributed by atoms with Gasteiger partial charge in [0.25, 0.3) is 0 Å². The molecular weight excluding hydrogens is 534 g/mol. The van der Waals surface area contributed by atoms with E-state index in [0.29, 0.717) is 13.2 Å². The van der Waals surface area contributed by atoms with E-state index in [1.165, 1.54) is 77.0 Å². The number of hydrogen-bond donors (Lipinski definition) is 0. The Labute approximate surface area is 252 Å². The second kappa shape index (κ2) is 26.0. The monoisotopic (exact) mass is 609 g/mol. The van der Waals surface area contributed by atoms with Crippen LogP contribution in [-0.2, 0) is 17.9 Å². The summed E-state index contributed by atoms with van der Waals surface area (Å²) in [4.78, 5) is 0. The van der Waals surface area contributed by atoms with Crippen LogP contribution < -0.4 is 0 Å². The van der Waals surface area contributed by atoms with Gasteiger partial charge >= 0.3 is 240 Å². The van der Waals surface area contributed by atoms with Gasteiger partial charge in [0.1, 0.15) is 0 Å². The van der Waals surface area contributed by atoms with Crippen molar-refractivity contribution < 1.29 is 17.9 Å². The van der Waals surface area contributed by atoms with Gasteiger partial charge in [-0.1, -0.05) is 13.3 Å². The van der Waals surface area contributed by atoms with E-state index in [1.54, 1.807) is 0 Å². The van der Waals surface area contributed by atoms with Crippen molar-refractivity contribution in [3.05, 3.63) is 0 Å². The van der Waals surface area contributed by atoms with E-state index in [1.807, 2.05) is 0 Å². The Hall–Kier alpha value is 0.540. The minimum atomic E-state index is -3.61. The molecule has 40 heavy (non-hydrogen) atoms. The summed E-state index contributed by atoms with van der Waals surface area (Å²) >= 11 is 0. The maximum absolute atomic E-state index is 14.4. The standard InChI is InChI=1S/C34H74O4P2/c1-7-13-19-20-21-22-23-24-25-26-27-28-34-40(31-16-10-4,32-17-11-5,33-18-12-6)38-39(35,36-29-14-8-2)37-30-15-9-3/h7-34H2,1-6H3. The van der Waals surface area contributed by atoms with E-state index >= 15 is 0 Å². The molecule has 0 fully saturated rings. The fraction of sp³-hybridized carbons (Fsp3) is 1.00. The van der Waals surface area contributed by atoms with Crippen LogP contribution >= 0.6 is 14.7 Å². The average Bonchev–Trinajstić information content (AvgIpc) is 2.95. The van der Waals surface area contributed by atoms with E-state index in [9.17, 15) is 4.57 Å². The van der Waals surface area contributed by atoms with Crippen LogP contribution in [0.1, 0.15) is 183 Å². The topological polar surface area (TPSA) is 44.8 Å². The molecule has 0 spiro atoms. The SMILES string of the molecule is CCCCCCCCCCCCCCP(CCCC)(CCCC)(CCCC)OP(=O)(OCCCC)OCCCC. The molecule has 0 heterocycles. The normalized spacial score (nSPS) is 13.5. The molecule has 0 saturated heterocycles. The zero-order chi connectivity index (χ0) is 29.9. The number of rotatable bonds is 32. The van der Waals surface area contributed by atoms with E-state index in [4.69, 9.17) is 13.4 Å². The van der Waals surface area contributed by atoms with Gasteiger partial charge in [0.15, 0.2) is 0 Å². The van der Waals surface area contributed by atoms with E-state index in [2.05, 4.69) is 41.5 Å². The molecule has 0 rings (SSSR count). The summed E-state index contributed by atoms with van der Waals surface area (Å²) in [5.74, 6) is 0. The van der Waals surface area contributed by atoms with Crippen molar-refractivity contribution in [3.63, 3.8) is 0 Å². The number of unbranched alkanes of at least 4 members (excludes halogenated alkanes) is 16. The van der Waals surface area contributed by atoms with Crippen LogP contribution in [0, 0.1) is 0 Å². The Morgan fingerprint density at radius 1 is 0.400 bits per heavy atom. The molecule has 0 radical (unpaired) electrons. The zero-order valence-corrected chi connectivity index (χ0v) is 30.1. The van der Waals surface area contributed by atoms with Crippen molar-refractivity contribution in [3.8, 4) is 0 Å². The molecule has 0 N–H and O–H groups in total. The summed E-state index contributed by atoms with van der Waals surface area (Å²) < 4.78 is 33.7. The Kier molecular flexibility index (Phi) is 26.3. The van der Waals surface area contributed by atoms with Crippen molar-refractivity contribution >= 4 is 14.7 Å². The number of phosphoric acid groups is 1. The second-order valence-electron chi connectivity index (χ2n) is 12.6. The third-order valence-electron chi connectivity index (χ3n) is 8.63. The molecular formula is C34H74O4P2. The van der Waals surface area contributed by atoms with Gasteiger partial charge < -0.3 is 0 Å². The van der Waals surface area contributed by atoms with Crippen molar-refractivity contribution in [2.75, 3.05) is 37.9 Å². The van der Waals surface area contributed by atoms with Gasteiger partial charge in [-0.3, -0.25) is 0 Å². The van der Waals surface area contributed by atoms with Crippen LogP contribution in [-0.4, -0.2) is 37.9 Å². The first kappa shape index (κ1) is 40.5. The van der Waals surface area contributed by atoms with Crippen LogP contribution in [0.2, 0.25) is 0 Å². The second-order valence-corrected chi connectivity index (χ2v) is 20.2. The Balaban J connectivity index is 5.54. The molecule has 6 heteroatoms. The van der Waals surface area contributed by atoms with Gasteiger partial charge in [0.2, 0.25) is 0 Å². The van der Waals surface area contributed by atoms with Crippen LogP contribution in [0.3, 0.4) is 0 Å². The fourth-order valence-corrected chi connectivity index (χ4v) is 16.3. The molecule has 0 atom stereocenters. The quantitative estimate of drug-likeness (QED) is 0.0563. The van der Waals surface area contributed by atoms with Crippen molar-refractivity contribution in [2.24, 2.45) is 0 Å². The number of hydrogen-bond acceptors (Lipinski definition) is 4. The molecule has 0 saturated carbocycles. The van der Waals surface area contributed by atoms with Crippen molar-refractivity contribution in [2.45, 2.75) is 183 Å². The first-order chi connectivity index (χ1) is 19.4. The Morgan fingerprint density at radius 2 is 0.700 bits per heavy atom. The fourth-order valence-electron chi connectivity index (χ4n) is 5.87. The summed E-state index contributed by atoms with van der Waals surface area (Å²) in [6, 6.07) is 0. The predicted octanol–water partition coefficient (Wildman–Crippen LogP) is 13.3. The average molecular weight is 609 g/mol. The predicted molar refractivity (Wildman–Crippen MR) is 183 cm³/mol. The molecule has 0 aromatic carbocycles. The van der Waals surface area contributed by atoms with E-state index in [0.717, 1.165) is 88.9 Å². The Bertz CT molecular complexity index is 560. The van der Waals surface area contributed by atoms with Crippen LogP contribution in [0.15, 0.2) is 0 Å². The van der Waals surface area contributed by atoms with Gasteiger partial charge in [0, 0.05) is 0 Å². The Morgan fingerprint density at radius 3 is 1.05 bits per heavy atom. The molecule has 0 bridgehead atoms. The van der Waals surface area contributed by atoms with Crippen LogP contribution in [0.25, 0.3) is 0 Å². The van der Waals surface area contributed by atoms with Crippen molar-refractivity contribution in [1.82, 2.24) is 0 Å². The molecule has 0 aliphatic rings. The molecule has 0 aliphatic heterocycles. The van der Waals surface area contributed by atoms with Gasteiger partial charge in [-0.05, 0) is 0 Å². The summed E-state index contributed by atoms with van der Waals surface area (Å²) in [7, 11) is -3.61. The van der Waals surface area contributed by atoms with Gasteiger partial charge in [-0.15, -0.1) is 0 Å². The van der Waals surface area contributed by atoms with E-state index in [-0.39, 0.29) is 0 Å². The van der Waals surface area contributed by atoms with Gasteiger partial charge in [0.05, 0.1) is 0 Å². The maximum atomic E-state index is 14.4. The minimum absolute atomic E-state index is 0.459. The van der Waals surface area contributed by atoms with Crippen LogP contribution in [0.4, 0.5) is 0 Å².